The molecule has 0 saturated carbocycles. The first kappa shape index (κ1) is 17.9. The smallest absolute Gasteiger partial charge is 0.257 e. The Hall–Kier alpha value is -1.11. The van der Waals surface area contributed by atoms with E-state index < -0.39 is 0 Å². The van der Waals surface area contributed by atoms with Crippen LogP contribution < -0.4 is 15.8 Å². The molecule has 0 bridgehead atoms. The van der Waals surface area contributed by atoms with Gasteiger partial charge in [0.2, 0.25) is 0 Å². The van der Waals surface area contributed by atoms with Crippen LogP contribution in [-0.4, -0.2) is 38.8 Å². The maximum Gasteiger partial charge on any atom is 0.257 e. The SMILES string of the molecule is COCCCNC(=O)COc1ccc(Br)c(CC(C)N)c1. The summed E-state index contributed by atoms with van der Waals surface area (Å²) in [5, 5.41) is 2.77. The zero-order chi connectivity index (χ0) is 15.7. The first-order chi connectivity index (χ1) is 10.0. The molecular formula is C15H23BrN2O3. The van der Waals surface area contributed by atoms with Gasteiger partial charge in [-0.1, -0.05) is 15.9 Å². The Morgan fingerprint density at radius 1 is 1.48 bits per heavy atom. The topological polar surface area (TPSA) is 73.6 Å². The molecule has 3 N–H and O–H groups in total. The number of rotatable bonds is 9. The molecular weight excluding hydrogens is 336 g/mol. The minimum absolute atomic E-state index is 0.00618. The van der Waals surface area contributed by atoms with Crippen LogP contribution in [0.2, 0.25) is 0 Å². The van der Waals surface area contributed by atoms with Gasteiger partial charge in [0.1, 0.15) is 5.75 Å². The molecule has 1 amide bonds. The molecule has 0 spiro atoms. The number of benzene rings is 1. The van der Waals surface area contributed by atoms with Crippen LogP contribution in [0.25, 0.3) is 0 Å². The fraction of sp³-hybridized carbons (Fsp3) is 0.533. The quantitative estimate of drug-likeness (QED) is 0.661. The Kier molecular flexibility index (Phi) is 8.34. The molecule has 0 heterocycles. The molecule has 1 unspecified atom stereocenters. The lowest BCUT2D eigenvalue weighted by atomic mass is 10.1. The van der Waals surface area contributed by atoms with Crippen molar-refractivity contribution in [1.29, 1.82) is 0 Å². The van der Waals surface area contributed by atoms with Crippen LogP contribution >= 0.6 is 15.9 Å². The second-order valence-electron chi connectivity index (χ2n) is 4.92. The molecule has 0 aliphatic rings. The van der Waals surface area contributed by atoms with E-state index in [1.807, 2.05) is 25.1 Å². The molecule has 1 rings (SSSR count). The van der Waals surface area contributed by atoms with Crippen LogP contribution in [0.4, 0.5) is 0 Å². The lowest BCUT2D eigenvalue weighted by molar-refractivity contribution is -0.123. The van der Waals surface area contributed by atoms with E-state index in [0.717, 1.165) is 22.9 Å². The average Bonchev–Trinajstić information content (AvgIpc) is 2.44. The van der Waals surface area contributed by atoms with E-state index in [9.17, 15) is 4.79 Å². The van der Waals surface area contributed by atoms with Crippen molar-refractivity contribution in [3.05, 3.63) is 28.2 Å². The van der Waals surface area contributed by atoms with Crippen molar-refractivity contribution in [1.82, 2.24) is 5.32 Å². The largest absolute Gasteiger partial charge is 0.484 e. The van der Waals surface area contributed by atoms with Gasteiger partial charge >= 0.3 is 0 Å². The number of nitrogens with two attached hydrogens (primary N) is 1. The summed E-state index contributed by atoms with van der Waals surface area (Å²) >= 11 is 3.49. The second-order valence-corrected chi connectivity index (χ2v) is 5.77. The van der Waals surface area contributed by atoms with E-state index in [1.54, 1.807) is 7.11 Å². The summed E-state index contributed by atoms with van der Waals surface area (Å²) < 4.78 is 11.4. The van der Waals surface area contributed by atoms with Crippen LogP contribution in [0.15, 0.2) is 22.7 Å². The van der Waals surface area contributed by atoms with Gasteiger partial charge in [-0.2, -0.15) is 0 Å². The van der Waals surface area contributed by atoms with E-state index in [-0.39, 0.29) is 18.6 Å². The van der Waals surface area contributed by atoms with Crippen LogP contribution in [0.3, 0.4) is 0 Å². The van der Waals surface area contributed by atoms with E-state index >= 15 is 0 Å². The Labute approximate surface area is 134 Å². The molecule has 0 aliphatic heterocycles. The highest BCUT2D eigenvalue weighted by Crippen LogP contribution is 2.23. The maximum atomic E-state index is 11.6. The summed E-state index contributed by atoms with van der Waals surface area (Å²) in [7, 11) is 1.64. The van der Waals surface area contributed by atoms with Crippen molar-refractivity contribution >= 4 is 21.8 Å². The third-order valence-corrected chi connectivity index (χ3v) is 3.55. The zero-order valence-electron chi connectivity index (χ0n) is 12.5. The number of ether oxygens (including phenoxy) is 2. The predicted molar refractivity (Wildman–Crippen MR) is 86.5 cm³/mol. The number of methoxy groups -OCH3 is 1. The maximum absolute atomic E-state index is 11.6. The van der Waals surface area contributed by atoms with Crippen molar-refractivity contribution in [2.45, 2.75) is 25.8 Å². The highest BCUT2D eigenvalue weighted by molar-refractivity contribution is 9.10. The summed E-state index contributed by atoms with van der Waals surface area (Å²) in [6.07, 6.45) is 1.54. The monoisotopic (exact) mass is 358 g/mol. The minimum Gasteiger partial charge on any atom is -0.484 e. The number of nitrogens with one attached hydrogen (secondary N) is 1. The van der Waals surface area contributed by atoms with E-state index in [0.29, 0.717) is 18.9 Å². The highest BCUT2D eigenvalue weighted by Gasteiger charge is 2.07. The van der Waals surface area contributed by atoms with Crippen LogP contribution in [0, 0.1) is 0 Å². The van der Waals surface area contributed by atoms with Gasteiger partial charge in [-0.15, -0.1) is 0 Å². The Bertz CT molecular complexity index is 453. The Morgan fingerprint density at radius 3 is 2.90 bits per heavy atom. The molecule has 1 aromatic carbocycles. The van der Waals surface area contributed by atoms with E-state index in [2.05, 4.69) is 21.2 Å². The van der Waals surface area contributed by atoms with Gasteiger partial charge in [0.25, 0.3) is 5.91 Å². The van der Waals surface area contributed by atoms with Crippen molar-refractivity contribution in [2.24, 2.45) is 5.73 Å². The van der Waals surface area contributed by atoms with Gasteiger partial charge < -0.3 is 20.5 Å². The molecule has 118 valence electrons. The fourth-order valence-corrected chi connectivity index (χ4v) is 2.20. The molecule has 0 saturated heterocycles. The number of halogens is 1. The molecule has 1 atom stereocenters. The highest BCUT2D eigenvalue weighted by atomic mass is 79.9. The number of carbonyl (C=O) groups is 1. The van der Waals surface area contributed by atoms with Gasteiger partial charge in [0.15, 0.2) is 6.61 Å². The Morgan fingerprint density at radius 2 is 2.24 bits per heavy atom. The molecule has 0 aromatic heterocycles. The van der Waals surface area contributed by atoms with Crippen molar-refractivity contribution in [3.8, 4) is 5.75 Å². The molecule has 1 aromatic rings. The predicted octanol–water partition coefficient (Wildman–Crippen LogP) is 1.87. The molecule has 6 heteroatoms. The van der Waals surface area contributed by atoms with E-state index in [4.69, 9.17) is 15.2 Å². The minimum atomic E-state index is -0.136. The first-order valence-corrected chi connectivity index (χ1v) is 7.74. The summed E-state index contributed by atoms with van der Waals surface area (Å²) in [4.78, 5) is 11.6. The summed E-state index contributed by atoms with van der Waals surface area (Å²) in [6.45, 7) is 3.18. The number of hydrogen-bond donors (Lipinski definition) is 2. The van der Waals surface area contributed by atoms with Crippen molar-refractivity contribution in [2.75, 3.05) is 26.9 Å². The average molecular weight is 359 g/mol. The van der Waals surface area contributed by atoms with Gasteiger partial charge in [0.05, 0.1) is 0 Å². The van der Waals surface area contributed by atoms with E-state index in [1.165, 1.54) is 0 Å². The molecule has 5 nitrogen and oxygen atoms in total. The molecule has 0 fully saturated rings. The van der Waals surface area contributed by atoms with Gasteiger partial charge in [0, 0.05) is 30.8 Å². The second kappa shape index (κ2) is 9.76. The summed E-state index contributed by atoms with van der Waals surface area (Å²) in [5.74, 6) is 0.531. The lowest BCUT2D eigenvalue weighted by Crippen LogP contribution is -2.30. The number of hydrogen-bond acceptors (Lipinski definition) is 4. The first-order valence-electron chi connectivity index (χ1n) is 6.95. The van der Waals surface area contributed by atoms with Gasteiger partial charge in [-0.05, 0) is 43.5 Å². The van der Waals surface area contributed by atoms with Gasteiger partial charge in [-0.25, -0.2) is 0 Å². The summed E-state index contributed by atoms with van der Waals surface area (Å²) in [6, 6.07) is 5.71. The van der Waals surface area contributed by atoms with Crippen LogP contribution in [0.5, 0.6) is 5.75 Å². The van der Waals surface area contributed by atoms with Crippen molar-refractivity contribution in [3.63, 3.8) is 0 Å². The lowest BCUT2D eigenvalue weighted by Gasteiger charge is -2.11. The molecule has 21 heavy (non-hydrogen) atoms. The fourth-order valence-electron chi connectivity index (χ4n) is 1.79. The van der Waals surface area contributed by atoms with Gasteiger partial charge in [-0.3, -0.25) is 4.79 Å². The molecule has 0 aliphatic carbocycles. The third-order valence-electron chi connectivity index (χ3n) is 2.78. The standard InChI is InChI=1S/C15H23BrN2O3/c1-11(17)8-12-9-13(4-5-14(12)16)21-10-15(19)18-6-3-7-20-2/h4-5,9,11H,3,6-8,10,17H2,1-2H3,(H,18,19). The number of carbonyl (C=O) groups excluding carboxylic acids is 1. The third kappa shape index (κ3) is 7.45. The van der Waals surface area contributed by atoms with Crippen LogP contribution in [-0.2, 0) is 16.0 Å². The Balaban J connectivity index is 2.42. The molecule has 0 radical (unpaired) electrons. The summed E-state index contributed by atoms with van der Waals surface area (Å²) in [5.41, 5.74) is 6.88. The zero-order valence-corrected chi connectivity index (χ0v) is 14.1. The number of amides is 1. The van der Waals surface area contributed by atoms with Crippen molar-refractivity contribution < 1.29 is 14.3 Å². The normalized spacial score (nSPS) is 12.0. The van der Waals surface area contributed by atoms with Crippen LogP contribution in [0.1, 0.15) is 18.9 Å².